The van der Waals surface area contributed by atoms with E-state index < -0.39 is 11.5 Å². The van der Waals surface area contributed by atoms with Gasteiger partial charge in [0.05, 0.1) is 5.92 Å². The van der Waals surface area contributed by atoms with Gasteiger partial charge in [-0.05, 0) is 58.1 Å². The number of piperidine rings is 1. The Morgan fingerprint density at radius 1 is 1.12 bits per heavy atom. The highest BCUT2D eigenvalue weighted by Gasteiger charge is 2.46. The van der Waals surface area contributed by atoms with Crippen LogP contribution in [-0.4, -0.2) is 46.4 Å². The lowest BCUT2D eigenvalue weighted by atomic mass is 9.76. The number of nitrogens with zero attached hydrogens (tertiary/aromatic N) is 1. The Balaban J connectivity index is 1.68. The van der Waals surface area contributed by atoms with Crippen LogP contribution in [0.15, 0.2) is 18.2 Å². The number of nitrogens with one attached hydrogen (secondary N) is 1. The number of amides is 2. The topological polar surface area (TPSA) is 86.7 Å². The number of carbonyl (C=O) groups excluding carboxylic acids is 2. The Labute approximate surface area is 153 Å². The molecule has 1 aliphatic carbocycles. The third-order valence-corrected chi connectivity index (χ3v) is 5.53. The number of hydrogen-bond acceptors (Lipinski definition) is 3. The van der Waals surface area contributed by atoms with Crippen molar-refractivity contribution in [3.8, 4) is 0 Å². The summed E-state index contributed by atoms with van der Waals surface area (Å²) >= 11 is 0. The first kappa shape index (κ1) is 18.4. The molecule has 6 nitrogen and oxygen atoms in total. The van der Waals surface area contributed by atoms with E-state index in [0.717, 1.165) is 24.0 Å². The van der Waals surface area contributed by atoms with Crippen LogP contribution in [0.5, 0.6) is 0 Å². The number of hydrogen-bond donors (Lipinski definition) is 2. The van der Waals surface area contributed by atoms with Crippen LogP contribution in [0.1, 0.15) is 53.6 Å². The van der Waals surface area contributed by atoms with E-state index in [1.165, 1.54) is 0 Å². The summed E-state index contributed by atoms with van der Waals surface area (Å²) in [6.07, 6.45) is 3.19. The highest BCUT2D eigenvalue weighted by Crippen LogP contribution is 2.33. The van der Waals surface area contributed by atoms with Crippen molar-refractivity contribution in [1.29, 1.82) is 0 Å². The summed E-state index contributed by atoms with van der Waals surface area (Å²) in [4.78, 5) is 38.6. The van der Waals surface area contributed by atoms with Gasteiger partial charge in [-0.2, -0.15) is 0 Å². The van der Waals surface area contributed by atoms with Crippen molar-refractivity contribution in [1.82, 2.24) is 10.2 Å². The van der Waals surface area contributed by atoms with Crippen LogP contribution in [0.25, 0.3) is 0 Å². The van der Waals surface area contributed by atoms with Gasteiger partial charge in [-0.25, -0.2) is 4.79 Å². The zero-order valence-electron chi connectivity index (χ0n) is 15.4. The quantitative estimate of drug-likeness (QED) is 0.864. The molecule has 1 atom stereocenters. The summed E-state index contributed by atoms with van der Waals surface area (Å²) in [7, 11) is 0. The fourth-order valence-corrected chi connectivity index (χ4v) is 3.92. The average molecular weight is 358 g/mol. The molecule has 26 heavy (non-hydrogen) atoms. The van der Waals surface area contributed by atoms with Crippen molar-refractivity contribution in [3.05, 3.63) is 34.9 Å². The number of benzene rings is 1. The van der Waals surface area contributed by atoms with Crippen LogP contribution in [0, 0.1) is 19.8 Å². The van der Waals surface area contributed by atoms with Gasteiger partial charge in [0, 0.05) is 18.7 Å². The number of rotatable bonds is 4. The molecule has 1 aromatic rings. The maximum absolute atomic E-state index is 12.8. The number of aliphatic carboxylic acids is 1. The largest absolute Gasteiger partial charge is 0.480 e. The van der Waals surface area contributed by atoms with E-state index in [2.05, 4.69) is 5.32 Å². The fourth-order valence-electron chi connectivity index (χ4n) is 3.92. The van der Waals surface area contributed by atoms with Crippen LogP contribution in [0.3, 0.4) is 0 Å². The van der Waals surface area contributed by atoms with Gasteiger partial charge < -0.3 is 15.3 Å². The van der Waals surface area contributed by atoms with Gasteiger partial charge in [0.15, 0.2) is 0 Å². The van der Waals surface area contributed by atoms with Crippen molar-refractivity contribution in [2.24, 2.45) is 5.92 Å². The SMILES string of the molecule is Cc1cc(C)cc(C(=O)N2CCCC(C(=O)NC3(C(=O)O)CCC3)C2)c1. The number of carbonyl (C=O) groups is 3. The number of aryl methyl sites for hydroxylation is 2. The zero-order valence-corrected chi connectivity index (χ0v) is 15.4. The molecule has 6 heteroatoms. The minimum atomic E-state index is -1.10. The predicted molar refractivity (Wildman–Crippen MR) is 96.9 cm³/mol. The molecule has 1 aromatic carbocycles. The summed E-state index contributed by atoms with van der Waals surface area (Å²) in [6.45, 7) is 4.88. The van der Waals surface area contributed by atoms with E-state index in [9.17, 15) is 19.5 Å². The number of carboxylic acid groups (broad SMARTS) is 1. The normalized spacial score (nSPS) is 21.6. The van der Waals surface area contributed by atoms with Gasteiger partial charge in [-0.1, -0.05) is 17.2 Å². The molecule has 3 rings (SSSR count). The fraction of sp³-hybridized carbons (Fsp3) is 0.550. The van der Waals surface area contributed by atoms with Gasteiger partial charge in [-0.15, -0.1) is 0 Å². The van der Waals surface area contributed by atoms with E-state index in [4.69, 9.17) is 0 Å². The maximum Gasteiger partial charge on any atom is 0.329 e. The lowest BCUT2D eigenvalue weighted by molar-refractivity contribution is -0.152. The standard InChI is InChI=1S/C20H26N2O4/c1-13-9-14(2)11-16(10-13)18(24)22-8-3-5-15(12-22)17(23)21-20(19(25)26)6-4-7-20/h9-11,15H,3-8,12H2,1-2H3,(H,21,23)(H,25,26). The van der Waals surface area contributed by atoms with Gasteiger partial charge in [0.1, 0.15) is 5.54 Å². The van der Waals surface area contributed by atoms with Gasteiger partial charge in [0.2, 0.25) is 5.91 Å². The molecule has 1 saturated heterocycles. The van der Waals surface area contributed by atoms with Crippen LogP contribution < -0.4 is 5.32 Å². The van der Waals surface area contributed by atoms with Crippen molar-refractivity contribution in [2.75, 3.05) is 13.1 Å². The Hall–Kier alpha value is -2.37. The maximum atomic E-state index is 12.8. The second-order valence-corrected chi connectivity index (χ2v) is 7.70. The number of likely N-dealkylation sites (tertiary alicyclic amines) is 1. The molecular formula is C20H26N2O4. The van der Waals surface area contributed by atoms with Crippen molar-refractivity contribution in [3.63, 3.8) is 0 Å². The summed E-state index contributed by atoms with van der Waals surface area (Å²) in [6, 6.07) is 5.76. The van der Waals surface area contributed by atoms with Crippen molar-refractivity contribution >= 4 is 17.8 Å². The van der Waals surface area contributed by atoms with Gasteiger partial charge >= 0.3 is 5.97 Å². The Bertz CT molecular complexity index is 719. The number of carboxylic acids is 1. The third kappa shape index (κ3) is 3.59. The van der Waals surface area contributed by atoms with Crippen LogP contribution >= 0.6 is 0 Å². The first-order chi connectivity index (χ1) is 12.3. The summed E-state index contributed by atoms with van der Waals surface area (Å²) < 4.78 is 0. The lowest BCUT2D eigenvalue weighted by Crippen LogP contribution is -2.61. The molecule has 0 bridgehead atoms. The molecule has 0 radical (unpaired) electrons. The summed E-state index contributed by atoms with van der Waals surface area (Å²) in [5.41, 5.74) is 1.61. The van der Waals surface area contributed by atoms with E-state index in [1.54, 1.807) is 4.90 Å². The highest BCUT2D eigenvalue weighted by molar-refractivity contribution is 5.95. The molecule has 1 aliphatic heterocycles. The Morgan fingerprint density at radius 3 is 2.31 bits per heavy atom. The second kappa shape index (κ2) is 7.09. The molecule has 2 N–H and O–H groups in total. The highest BCUT2D eigenvalue weighted by atomic mass is 16.4. The third-order valence-electron chi connectivity index (χ3n) is 5.53. The average Bonchev–Trinajstić information content (AvgIpc) is 2.56. The Kier molecular flexibility index (Phi) is 5.03. The molecule has 2 amide bonds. The minimum Gasteiger partial charge on any atom is -0.480 e. The van der Waals surface area contributed by atoms with Gasteiger partial charge in [0.25, 0.3) is 5.91 Å². The van der Waals surface area contributed by atoms with E-state index in [1.807, 2.05) is 32.0 Å². The van der Waals surface area contributed by atoms with E-state index >= 15 is 0 Å². The molecule has 140 valence electrons. The molecule has 2 aliphatic rings. The molecule has 0 aromatic heterocycles. The molecular weight excluding hydrogens is 332 g/mol. The molecule has 1 saturated carbocycles. The first-order valence-electron chi connectivity index (χ1n) is 9.24. The smallest absolute Gasteiger partial charge is 0.329 e. The molecule has 2 fully saturated rings. The predicted octanol–water partition coefficient (Wildman–Crippen LogP) is 2.28. The van der Waals surface area contributed by atoms with Crippen LogP contribution in [0.4, 0.5) is 0 Å². The van der Waals surface area contributed by atoms with Gasteiger partial charge in [-0.3, -0.25) is 9.59 Å². The van der Waals surface area contributed by atoms with Crippen LogP contribution in [-0.2, 0) is 9.59 Å². The summed E-state index contributed by atoms with van der Waals surface area (Å²) in [5, 5.41) is 12.1. The molecule has 1 unspecified atom stereocenters. The molecule has 1 heterocycles. The van der Waals surface area contributed by atoms with E-state index in [0.29, 0.717) is 37.9 Å². The van der Waals surface area contributed by atoms with Crippen LogP contribution in [0.2, 0.25) is 0 Å². The van der Waals surface area contributed by atoms with Crippen molar-refractivity contribution in [2.45, 2.75) is 51.5 Å². The molecule has 0 spiro atoms. The minimum absolute atomic E-state index is 0.0640. The summed E-state index contributed by atoms with van der Waals surface area (Å²) in [5.74, 6) is -1.62. The zero-order chi connectivity index (χ0) is 18.9. The van der Waals surface area contributed by atoms with E-state index in [-0.39, 0.29) is 17.7 Å². The lowest BCUT2D eigenvalue weighted by Gasteiger charge is -2.40. The second-order valence-electron chi connectivity index (χ2n) is 7.70. The van der Waals surface area contributed by atoms with Crippen molar-refractivity contribution < 1.29 is 19.5 Å². The Morgan fingerprint density at radius 2 is 1.77 bits per heavy atom. The first-order valence-corrected chi connectivity index (χ1v) is 9.24. The monoisotopic (exact) mass is 358 g/mol.